The van der Waals surface area contributed by atoms with E-state index in [4.69, 9.17) is 20.9 Å². The highest BCUT2D eigenvalue weighted by atomic mass is 35.5. The molecule has 8 nitrogen and oxygen atoms in total. The molecule has 0 saturated heterocycles. The molecule has 1 N–H and O–H groups in total. The molecule has 0 saturated carbocycles. The lowest BCUT2D eigenvalue weighted by atomic mass is 10.1. The summed E-state index contributed by atoms with van der Waals surface area (Å²) in [5.74, 6) is 0.749. The van der Waals surface area contributed by atoms with E-state index in [1.807, 2.05) is 12.1 Å². The summed E-state index contributed by atoms with van der Waals surface area (Å²) in [6.45, 7) is 0. The van der Waals surface area contributed by atoms with E-state index in [0.29, 0.717) is 39.3 Å². The maximum atomic E-state index is 12.3. The number of hydrogen-bond acceptors (Lipinski definition) is 7. The van der Waals surface area contributed by atoms with Gasteiger partial charge in [-0.25, -0.2) is 9.97 Å². The summed E-state index contributed by atoms with van der Waals surface area (Å²) in [5.41, 5.74) is 2.03. The van der Waals surface area contributed by atoms with Crippen molar-refractivity contribution in [3.8, 4) is 28.6 Å². The minimum absolute atomic E-state index is 0.255. The van der Waals surface area contributed by atoms with Gasteiger partial charge in [0.2, 0.25) is 5.82 Å². The lowest BCUT2D eigenvalue weighted by molar-refractivity contribution is 0.102. The van der Waals surface area contributed by atoms with Crippen LogP contribution in [0.4, 0.5) is 5.69 Å². The van der Waals surface area contributed by atoms with Gasteiger partial charge in [0.05, 0.1) is 23.3 Å². The lowest BCUT2D eigenvalue weighted by Crippen LogP contribution is -2.13. The van der Waals surface area contributed by atoms with E-state index in [0.717, 1.165) is 0 Å². The number of benzene rings is 2. The molecule has 0 aliphatic rings. The number of hydrogen-bond donors (Lipinski definition) is 1. The van der Waals surface area contributed by atoms with E-state index in [2.05, 4.69) is 25.4 Å². The SMILES string of the molecule is COc1cc(NC(=O)c2ccncn2)ccc1-c1noc(-c2ccccc2Cl)n1. The number of anilines is 1. The van der Waals surface area contributed by atoms with Crippen LogP contribution in [0.5, 0.6) is 5.75 Å². The highest BCUT2D eigenvalue weighted by Gasteiger charge is 2.17. The molecular weight excluding hydrogens is 394 g/mol. The number of nitrogens with zero attached hydrogens (tertiary/aromatic N) is 4. The van der Waals surface area contributed by atoms with Gasteiger partial charge >= 0.3 is 0 Å². The first kappa shape index (κ1) is 18.6. The second-order valence-corrected chi connectivity index (χ2v) is 6.27. The summed E-state index contributed by atoms with van der Waals surface area (Å²) in [5, 5.41) is 7.29. The molecule has 0 bridgehead atoms. The fourth-order valence-electron chi connectivity index (χ4n) is 2.65. The minimum atomic E-state index is -0.359. The summed E-state index contributed by atoms with van der Waals surface area (Å²) >= 11 is 6.19. The molecule has 0 aliphatic heterocycles. The van der Waals surface area contributed by atoms with Gasteiger partial charge in [-0.05, 0) is 30.3 Å². The monoisotopic (exact) mass is 407 g/mol. The molecule has 144 valence electrons. The van der Waals surface area contributed by atoms with Crippen molar-refractivity contribution in [1.29, 1.82) is 0 Å². The molecule has 2 heterocycles. The van der Waals surface area contributed by atoms with E-state index in [1.54, 1.807) is 30.3 Å². The maximum Gasteiger partial charge on any atom is 0.274 e. The Hall–Kier alpha value is -3.78. The van der Waals surface area contributed by atoms with Crippen LogP contribution in [0.2, 0.25) is 5.02 Å². The molecule has 2 aromatic carbocycles. The number of methoxy groups -OCH3 is 1. The van der Waals surface area contributed by atoms with Crippen molar-refractivity contribution >= 4 is 23.2 Å². The first-order valence-electron chi connectivity index (χ1n) is 8.50. The zero-order chi connectivity index (χ0) is 20.2. The molecular formula is C20H14ClN5O3. The Morgan fingerprint density at radius 3 is 2.76 bits per heavy atom. The topological polar surface area (TPSA) is 103 Å². The van der Waals surface area contributed by atoms with Crippen molar-refractivity contribution in [2.24, 2.45) is 0 Å². The Morgan fingerprint density at radius 1 is 1.14 bits per heavy atom. The van der Waals surface area contributed by atoms with Crippen molar-refractivity contribution in [1.82, 2.24) is 20.1 Å². The van der Waals surface area contributed by atoms with Crippen LogP contribution in [-0.4, -0.2) is 33.1 Å². The Bertz CT molecular complexity index is 1160. The van der Waals surface area contributed by atoms with Gasteiger partial charge in [0, 0.05) is 18.0 Å². The molecule has 0 fully saturated rings. The van der Waals surface area contributed by atoms with Crippen molar-refractivity contribution in [2.75, 3.05) is 12.4 Å². The number of nitrogens with one attached hydrogen (secondary N) is 1. The summed E-state index contributed by atoms with van der Waals surface area (Å²) in [6, 6.07) is 13.8. The van der Waals surface area contributed by atoms with E-state index >= 15 is 0 Å². The highest BCUT2D eigenvalue weighted by Crippen LogP contribution is 2.33. The van der Waals surface area contributed by atoms with Crippen molar-refractivity contribution in [2.45, 2.75) is 0 Å². The second kappa shape index (κ2) is 8.07. The average Bonchev–Trinajstić information content (AvgIpc) is 3.24. The third-order valence-electron chi connectivity index (χ3n) is 4.05. The van der Waals surface area contributed by atoms with Crippen LogP contribution in [0.3, 0.4) is 0 Å². The van der Waals surface area contributed by atoms with Gasteiger partial charge in [0.15, 0.2) is 0 Å². The standard InChI is InChI=1S/C20H14ClN5O3/c1-28-17-10-12(24-19(27)16-8-9-22-11-23-16)6-7-14(17)18-25-20(29-26-18)13-4-2-3-5-15(13)21/h2-11H,1H3,(H,24,27). The molecule has 4 rings (SSSR count). The number of ether oxygens (including phenoxy) is 1. The maximum absolute atomic E-state index is 12.3. The van der Waals surface area contributed by atoms with Gasteiger partial charge in [-0.2, -0.15) is 4.98 Å². The number of carbonyl (C=O) groups is 1. The smallest absolute Gasteiger partial charge is 0.274 e. The molecule has 2 aromatic heterocycles. The Kier molecular flexibility index (Phi) is 5.17. The Balaban J connectivity index is 1.61. The third-order valence-corrected chi connectivity index (χ3v) is 4.37. The molecule has 0 radical (unpaired) electrons. The molecule has 9 heteroatoms. The van der Waals surface area contributed by atoms with E-state index < -0.39 is 0 Å². The predicted octanol–water partition coefficient (Wildman–Crippen LogP) is 4.11. The van der Waals surface area contributed by atoms with E-state index in [9.17, 15) is 4.79 Å². The van der Waals surface area contributed by atoms with Crippen LogP contribution in [0, 0.1) is 0 Å². The average molecular weight is 408 g/mol. The van der Waals surface area contributed by atoms with Crippen LogP contribution in [0.25, 0.3) is 22.8 Å². The number of amides is 1. The van der Waals surface area contributed by atoms with Crippen LogP contribution in [-0.2, 0) is 0 Å². The number of carbonyl (C=O) groups excluding carboxylic acids is 1. The van der Waals surface area contributed by atoms with E-state index in [-0.39, 0.29) is 11.6 Å². The molecule has 0 spiro atoms. The Labute approximate surface area is 170 Å². The first-order chi connectivity index (χ1) is 14.2. The zero-order valence-corrected chi connectivity index (χ0v) is 15.9. The summed E-state index contributed by atoms with van der Waals surface area (Å²) in [4.78, 5) is 24.4. The van der Waals surface area contributed by atoms with Crippen LogP contribution in [0.1, 0.15) is 10.5 Å². The molecule has 0 atom stereocenters. The molecule has 0 aliphatic carbocycles. The number of aromatic nitrogens is 4. The van der Waals surface area contributed by atoms with Crippen molar-refractivity contribution < 1.29 is 14.1 Å². The lowest BCUT2D eigenvalue weighted by Gasteiger charge is -2.09. The predicted molar refractivity (Wildman–Crippen MR) is 107 cm³/mol. The molecule has 1 amide bonds. The highest BCUT2D eigenvalue weighted by molar-refractivity contribution is 6.33. The van der Waals surface area contributed by atoms with E-state index in [1.165, 1.54) is 25.7 Å². The van der Waals surface area contributed by atoms with Gasteiger partial charge in [-0.3, -0.25) is 4.79 Å². The van der Waals surface area contributed by atoms with Crippen LogP contribution >= 0.6 is 11.6 Å². The fourth-order valence-corrected chi connectivity index (χ4v) is 2.87. The van der Waals surface area contributed by atoms with Gasteiger partial charge in [-0.15, -0.1) is 0 Å². The Morgan fingerprint density at radius 2 is 2.00 bits per heavy atom. The zero-order valence-electron chi connectivity index (χ0n) is 15.2. The minimum Gasteiger partial charge on any atom is -0.496 e. The quantitative estimate of drug-likeness (QED) is 0.531. The number of rotatable bonds is 5. The summed E-state index contributed by atoms with van der Waals surface area (Å²) < 4.78 is 10.8. The van der Waals surface area contributed by atoms with Crippen LogP contribution in [0.15, 0.2) is 65.6 Å². The molecule has 0 unspecified atom stereocenters. The normalized spacial score (nSPS) is 10.6. The van der Waals surface area contributed by atoms with Gasteiger partial charge in [0.1, 0.15) is 17.8 Å². The largest absolute Gasteiger partial charge is 0.496 e. The summed E-state index contributed by atoms with van der Waals surface area (Å²) in [7, 11) is 1.52. The van der Waals surface area contributed by atoms with Gasteiger partial charge in [0.25, 0.3) is 11.8 Å². The number of halogens is 1. The first-order valence-corrected chi connectivity index (χ1v) is 8.88. The van der Waals surface area contributed by atoms with Gasteiger partial charge < -0.3 is 14.6 Å². The molecule has 4 aromatic rings. The fraction of sp³-hybridized carbons (Fsp3) is 0.0500. The van der Waals surface area contributed by atoms with Crippen LogP contribution < -0.4 is 10.1 Å². The second-order valence-electron chi connectivity index (χ2n) is 5.87. The summed E-state index contributed by atoms with van der Waals surface area (Å²) in [6.07, 6.45) is 2.81. The van der Waals surface area contributed by atoms with Crippen molar-refractivity contribution in [3.63, 3.8) is 0 Å². The van der Waals surface area contributed by atoms with Crippen molar-refractivity contribution in [3.05, 3.63) is 71.8 Å². The third kappa shape index (κ3) is 3.92. The van der Waals surface area contributed by atoms with Gasteiger partial charge in [-0.1, -0.05) is 28.9 Å². The molecule has 29 heavy (non-hydrogen) atoms.